The lowest BCUT2D eigenvalue weighted by Crippen LogP contribution is -2.52. The van der Waals surface area contributed by atoms with Gasteiger partial charge >= 0.3 is 6.18 Å². The second-order valence-electron chi connectivity index (χ2n) is 12.3. The minimum atomic E-state index is -4.45. The lowest BCUT2D eigenvalue weighted by Gasteiger charge is -2.28. The van der Waals surface area contributed by atoms with Crippen LogP contribution in [0.25, 0.3) is 21.8 Å². The summed E-state index contributed by atoms with van der Waals surface area (Å²) in [4.78, 5) is 8.61. The number of nitriles is 1. The SMILES string of the molecule is CC(C)(C)CNc1c(C#N)cnc2c(Cl)cc(N[C@H](C3=CN(C4(C(F)(F)F)CC4)NN3)c3ccc(F)c4ncccc34)cc12. The summed E-state index contributed by atoms with van der Waals surface area (Å²) in [5, 5.41) is 19.0. The number of nitrogens with one attached hydrogen (secondary N) is 4. The summed E-state index contributed by atoms with van der Waals surface area (Å²) in [6.07, 6.45) is -0.211. The number of rotatable bonds is 7. The highest BCUT2D eigenvalue weighted by atomic mass is 35.5. The van der Waals surface area contributed by atoms with Gasteiger partial charge in [0.2, 0.25) is 0 Å². The Morgan fingerprint density at radius 1 is 1.11 bits per heavy atom. The van der Waals surface area contributed by atoms with Gasteiger partial charge in [-0.05, 0) is 48.1 Å². The fourth-order valence-corrected chi connectivity index (χ4v) is 5.63. The van der Waals surface area contributed by atoms with Crippen LogP contribution >= 0.6 is 11.6 Å². The number of pyridine rings is 2. The number of hydrazine groups is 2. The third-order valence-corrected chi connectivity index (χ3v) is 8.12. The minimum Gasteiger partial charge on any atom is -0.383 e. The van der Waals surface area contributed by atoms with Crippen LogP contribution in [0.3, 0.4) is 0 Å². The summed E-state index contributed by atoms with van der Waals surface area (Å²) in [6, 6.07) is 11.1. The molecule has 3 heterocycles. The number of hydrogen-bond donors (Lipinski definition) is 4. The van der Waals surface area contributed by atoms with E-state index in [4.69, 9.17) is 11.6 Å². The molecule has 0 amide bonds. The lowest BCUT2D eigenvalue weighted by atomic mass is 9.96. The van der Waals surface area contributed by atoms with E-state index in [1.165, 1.54) is 24.7 Å². The van der Waals surface area contributed by atoms with Crippen molar-refractivity contribution in [1.29, 1.82) is 5.26 Å². The Hall–Kier alpha value is -4.34. The van der Waals surface area contributed by atoms with E-state index in [1.54, 1.807) is 30.3 Å². The minimum absolute atomic E-state index is 0.0463. The molecular weight excluding hydrogens is 596 g/mol. The van der Waals surface area contributed by atoms with Gasteiger partial charge in [-0.3, -0.25) is 15.0 Å². The molecule has 4 N–H and O–H groups in total. The maximum absolute atomic E-state index is 14.8. The van der Waals surface area contributed by atoms with Gasteiger partial charge < -0.3 is 16.1 Å². The molecule has 1 aliphatic heterocycles. The van der Waals surface area contributed by atoms with Gasteiger partial charge in [0.15, 0.2) is 5.54 Å². The molecule has 1 fully saturated rings. The Balaban J connectivity index is 1.48. The second-order valence-corrected chi connectivity index (χ2v) is 12.7. The molecular formula is C31H29ClF4N8. The van der Waals surface area contributed by atoms with Crippen molar-refractivity contribution in [1.82, 2.24) is 25.9 Å². The molecule has 228 valence electrons. The van der Waals surface area contributed by atoms with Crippen LogP contribution < -0.4 is 21.6 Å². The van der Waals surface area contributed by atoms with Gasteiger partial charge in [0.25, 0.3) is 0 Å². The van der Waals surface area contributed by atoms with Crippen LogP contribution in [0.2, 0.25) is 5.02 Å². The first kappa shape index (κ1) is 29.7. The molecule has 8 nitrogen and oxygen atoms in total. The molecule has 2 aliphatic rings. The topological polar surface area (TPSA) is 101 Å². The zero-order valence-electron chi connectivity index (χ0n) is 24.1. The van der Waals surface area contributed by atoms with Crippen LogP contribution in [0.4, 0.5) is 28.9 Å². The van der Waals surface area contributed by atoms with Gasteiger partial charge in [-0.1, -0.05) is 44.5 Å². The molecule has 1 aliphatic carbocycles. The monoisotopic (exact) mass is 624 g/mol. The van der Waals surface area contributed by atoms with Gasteiger partial charge in [-0.2, -0.15) is 18.4 Å². The van der Waals surface area contributed by atoms with Crippen molar-refractivity contribution in [3.8, 4) is 6.07 Å². The quantitative estimate of drug-likeness (QED) is 0.159. The molecule has 0 bridgehead atoms. The second kappa shape index (κ2) is 10.7. The van der Waals surface area contributed by atoms with E-state index in [2.05, 4.69) is 58.4 Å². The van der Waals surface area contributed by atoms with Gasteiger partial charge in [-0.15, -0.1) is 5.53 Å². The maximum atomic E-state index is 14.8. The van der Waals surface area contributed by atoms with Gasteiger partial charge in [0.05, 0.1) is 33.5 Å². The van der Waals surface area contributed by atoms with Crippen molar-refractivity contribution in [3.05, 3.63) is 82.7 Å². The molecule has 2 aromatic carbocycles. The Morgan fingerprint density at radius 2 is 1.89 bits per heavy atom. The fraction of sp³-hybridized carbons (Fsp3) is 0.323. The highest BCUT2D eigenvalue weighted by molar-refractivity contribution is 6.35. The third kappa shape index (κ3) is 5.31. The molecule has 13 heteroatoms. The summed E-state index contributed by atoms with van der Waals surface area (Å²) < 4.78 is 56.7. The van der Waals surface area contributed by atoms with Gasteiger partial charge in [-0.25, -0.2) is 4.39 Å². The molecule has 6 rings (SSSR count). The summed E-state index contributed by atoms with van der Waals surface area (Å²) in [5.41, 5.74) is 6.40. The fourth-order valence-electron chi connectivity index (χ4n) is 5.36. The van der Waals surface area contributed by atoms with E-state index in [-0.39, 0.29) is 23.8 Å². The van der Waals surface area contributed by atoms with E-state index in [0.717, 1.165) is 5.01 Å². The van der Waals surface area contributed by atoms with E-state index in [0.29, 0.717) is 56.1 Å². The number of fused-ring (bicyclic) bond motifs is 2. The predicted octanol–water partition coefficient (Wildman–Crippen LogP) is 7.32. The first-order valence-corrected chi connectivity index (χ1v) is 14.3. The number of nitrogens with zero attached hydrogens (tertiary/aromatic N) is 4. The van der Waals surface area contributed by atoms with Crippen LogP contribution in [0.1, 0.15) is 50.8 Å². The highest BCUT2D eigenvalue weighted by Gasteiger charge is 2.67. The number of aromatic nitrogens is 2. The lowest BCUT2D eigenvalue weighted by molar-refractivity contribution is -0.195. The highest BCUT2D eigenvalue weighted by Crippen LogP contribution is 2.54. The van der Waals surface area contributed by atoms with Crippen LogP contribution in [-0.4, -0.2) is 33.2 Å². The van der Waals surface area contributed by atoms with Crippen LogP contribution in [-0.2, 0) is 0 Å². The number of hydrogen-bond acceptors (Lipinski definition) is 8. The van der Waals surface area contributed by atoms with Gasteiger partial charge in [0, 0.05) is 41.6 Å². The number of benzene rings is 2. The van der Waals surface area contributed by atoms with Crippen molar-refractivity contribution in [2.75, 3.05) is 17.2 Å². The van der Waals surface area contributed by atoms with Crippen LogP contribution in [0.15, 0.2) is 60.7 Å². The summed E-state index contributed by atoms with van der Waals surface area (Å²) >= 11 is 6.72. The maximum Gasteiger partial charge on any atom is 0.413 e. The predicted molar refractivity (Wildman–Crippen MR) is 162 cm³/mol. The molecule has 2 aromatic heterocycles. The molecule has 4 aromatic rings. The van der Waals surface area contributed by atoms with Crippen molar-refractivity contribution >= 4 is 44.8 Å². The number of alkyl halides is 3. The molecule has 44 heavy (non-hydrogen) atoms. The largest absolute Gasteiger partial charge is 0.413 e. The van der Waals surface area contributed by atoms with Crippen molar-refractivity contribution in [2.24, 2.45) is 5.41 Å². The molecule has 0 spiro atoms. The Bertz CT molecular complexity index is 1840. The van der Waals surface area contributed by atoms with Crippen LogP contribution in [0, 0.1) is 22.6 Å². The van der Waals surface area contributed by atoms with Crippen molar-refractivity contribution in [3.63, 3.8) is 0 Å². The average molecular weight is 625 g/mol. The zero-order valence-corrected chi connectivity index (χ0v) is 24.8. The first-order chi connectivity index (χ1) is 20.8. The number of anilines is 2. The Kier molecular flexibility index (Phi) is 7.21. The standard InChI is InChI=1S/C31H29ClF4N8/c1-29(2,3)16-40-25-17(13-37)14-39-26-21(25)11-18(12-22(26)32)41-28(20-6-7-23(33)27-19(20)5-4-10-38-27)24-15-44(43-42-24)30(8-9-30)31(34,35)36/h4-7,10-12,14-15,28,41-43H,8-9,16H2,1-3H3,(H,39,40)/t28-/m0/s1. The van der Waals surface area contributed by atoms with Crippen molar-refractivity contribution in [2.45, 2.75) is 51.4 Å². The van der Waals surface area contributed by atoms with E-state index < -0.39 is 23.6 Å². The number of halogens is 5. The summed E-state index contributed by atoms with van der Waals surface area (Å²) in [5.74, 6) is -0.524. The smallest absolute Gasteiger partial charge is 0.383 e. The zero-order chi connectivity index (χ0) is 31.4. The van der Waals surface area contributed by atoms with Gasteiger partial charge in [0.1, 0.15) is 17.4 Å². The first-order valence-electron chi connectivity index (χ1n) is 14.0. The van der Waals surface area contributed by atoms with Crippen molar-refractivity contribution < 1.29 is 17.6 Å². The van der Waals surface area contributed by atoms with E-state index in [1.807, 2.05) is 0 Å². The Morgan fingerprint density at radius 3 is 2.57 bits per heavy atom. The van der Waals surface area contributed by atoms with Crippen LogP contribution in [0.5, 0.6) is 0 Å². The summed E-state index contributed by atoms with van der Waals surface area (Å²) in [7, 11) is 0. The van der Waals surface area contributed by atoms with E-state index >= 15 is 0 Å². The van der Waals surface area contributed by atoms with E-state index in [9.17, 15) is 22.8 Å². The molecule has 0 saturated heterocycles. The Labute approximate surface area is 256 Å². The average Bonchev–Trinajstić information content (AvgIpc) is 3.66. The summed E-state index contributed by atoms with van der Waals surface area (Å²) in [6.45, 7) is 6.75. The molecule has 1 saturated carbocycles. The molecule has 0 unspecified atom stereocenters. The molecule has 0 radical (unpaired) electrons. The normalized spacial score (nSPS) is 16.8. The third-order valence-electron chi connectivity index (χ3n) is 7.83. The molecule has 1 atom stereocenters.